The summed E-state index contributed by atoms with van der Waals surface area (Å²) < 4.78 is 28.7. The third-order valence-corrected chi connectivity index (χ3v) is 5.13. The van der Waals surface area contributed by atoms with Gasteiger partial charge in [-0.1, -0.05) is 63.7 Å². The van der Waals surface area contributed by atoms with Gasteiger partial charge in [0.1, 0.15) is 11.6 Å². The van der Waals surface area contributed by atoms with Crippen LogP contribution in [0.25, 0.3) is 5.57 Å². The van der Waals surface area contributed by atoms with Crippen molar-refractivity contribution < 1.29 is 8.78 Å². The lowest BCUT2D eigenvalue weighted by Gasteiger charge is -2.16. The zero-order chi connectivity index (χ0) is 18.1. The van der Waals surface area contributed by atoms with Crippen molar-refractivity contribution in [3.63, 3.8) is 0 Å². The highest BCUT2D eigenvalue weighted by Crippen LogP contribution is 2.31. The highest BCUT2D eigenvalue weighted by atomic mass is 19.1. The van der Waals surface area contributed by atoms with Gasteiger partial charge in [0.05, 0.1) is 0 Å². The first-order chi connectivity index (χ1) is 12.2. The zero-order valence-corrected chi connectivity index (χ0v) is 15.8. The number of rotatable bonds is 10. The van der Waals surface area contributed by atoms with Crippen molar-refractivity contribution in [2.24, 2.45) is 0 Å². The van der Waals surface area contributed by atoms with Crippen LogP contribution in [0.5, 0.6) is 0 Å². The van der Waals surface area contributed by atoms with Gasteiger partial charge in [-0.05, 0) is 61.8 Å². The van der Waals surface area contributed by atoms with Gasteiger partial charge in [0.15, 0.2) is 0 Å². The van der Waals surface area contributed by atoms with Gasteiger partial charge in [0.25, 0.3) is 0 Å². The summed E-state index contributed by atoms with van der Waals surface area (Å²) in [6, 6.07) is 3.06. The van der Waals surface area contributed by atoms with Gasteiger partial charge >= 0.3 is 0 Å². The highest BCUT2D eigenvalue weighted by Gasteiger charge is 2.15. The Labute approximate surface area is 152 Å². The molecule has 0 N–H and O–H groups in total. The first-order valence-corrected chi connectivity index (χ1v) is 10.0. The lowest BCUT2D eigenvalue weighted by atomic mass is 9.90. The van der Waals surface area contributed by atoms with Gasteiger partial charge in [-0.2, -0.15) is 0 Å². The first-order valence-electron chi connectivity index (χ1n) is 10.0. The van der Waals surface area contributed by atoms with Crippen LogP contribution in [0.3, 0.4) is 0 Å². The normalized spacial score (nSPS) is 14.4. The van der Waals surface area contributed by atoms with Crippen LogP contribution in [-0.4, -0.2) is 0 Å². The molecular formula is C23H32F2. The molecule has 1 aliphatic carbocycles. The predicted octanol–water partition coefficient (Wildman–Crippen LogP) is 7.77. The van der Waals surface area contributed by atoms with Crippen LogP contribution in [0.4, 0.5) is 8.78 Å². The molecule has 0 atom stereocenters. The van der Waals surface area contributed by atoms with E-state index in [-0.39, 0.29) is 17.2 Å². The van der Waals surface area contributed by atoms with E-state index in [0.29, 0.717) is 12.0 Å². The SMILES string of the molecule is CCCCCCc1c(F)cc(C2=CC=C(CCCCC)CC2)cc1F. The fraction of sp³-hybridized carbons (Fsp3) is 0.565. The van der Waals surface area contributed by atoms with Crippen molar-refractivity contribution in [3.8, 4) is 0 Å². The molecule has 25 heavy (non-hydrogen) atoms. The summed E-state index contributed by atoms with van der Waals surface area (Å²) in [5.74, 6) is -0.768. The maximum absolute atomic E-state index is 14.4. The van der Waals surface area contributed by atoms with Crippen molar-refractivity contribution >= 4 is 5.57 Å². The molecule has 0 heterocycles. The fourth-order valence-corrected chi connectivity index (χ4v) is 3.49. The molecule has 0 amide bonds. The van der Waals surface area contributed by atoms with Crippen LogP contribution >= 0.6 is 0 Å². The van der Waals surface area contributed by atoms with E-state index in [1.165, 1.54) is 37.0 Å². The Balaban J connectivity index is 2.03. The third kappa shape index (κ3) is 6.09. The molecule has 0 unspecified atom stereocenters. The summed E-state index contributed by atoms with van der Waals surface area (Å²) in [5, 5.41) is 0. The molecule has 0 nitrogen and oxygen atoms in total. The van der Waals surface area contributed by atoms with Crippen molar-refractivity contribution in [2.75, 3.05) is 0 Å². The second-order valence-electron chi connectivity index (χ2n) is 7.20. The van der Waals surface area contributed by atoms with Crippen molar-refractivity contribution in [1.29, 1.82) is 0 Å². The lowest BCUT2D eigenvalue weighted by Crippen LogP contribution is -2.00. The van der Waals surface area contributed by atoms with Crippen LogP contribution in [-0.2, 0) is 6.42 Å². The highest BCUT2D eigenvalue weighted by molar-refractivity contribution is 5.69. The second kappa shape index (κ2) is 10.5. The number of benzene rings is 1. The zero-order valence-electron chi connectivity index (χ0n) is 15.8. The monoisotopic (exact) mass is 346 g/mol. The maximum atomic E-state index is 14.4. The van der Waals surface area contributed by atoms with E-state index in [4.69, 9.17) is 0 Å². The van der Waals surface area contributed by atoms with Crippen molar-refractivity contribution in [3.05, 3.63) is 52.6 Å². The fourth-order valence-electron chi connectivity index (χ4n) is 3.49. The minimum absolute atomic E-state index is 0.257. The molecule has 0 spiro atoms. The smallest absolute Gasteiger partial charge is 0.129 e. The molecule has 0 bridgehead atoms. The Morgan fingerprint density at radius 1 is 0.760 bits per heavy atom. The van der Waals surface area contributed by atoms with E-state index in [1.807, 2.05) is 0 Å². The van der Waals surface area contributed by atoms with E-state index in [1.54, 1.807) is 0 Å². The van der Waals surface area contributed by atoms with Crippen molar-refractivity contribution in [2.45, 2.75) is 84.5 Å². The number of hydrogen-bond donors (Lipinski definition) is 0. The lowest BCUT2D eigenvalue weighted by molar-refractivity contribution is 0.542. The third-order valence-electron chi connectivity index (χ3n) is 5.13. The molecule has 1 aliphatic rings. The van der Waals surface area contributed by atoms with E-state index in [0.717, 1.165) is 50.5 Å². The molecule has 0 saturated carbocycles. The molecule has 1 aromatic carbocycles. The summed E-state index contributed by atoms with van der Waals surface area (Å²) in [4.78, 5) is 0. The standard InChI is InChI=1S/C23H32F2/c1-3-5-7-9-11-21-22(24)16-20(17-23(21)25)19-14-12-18(13-15-19)10-8-6-4-2/h12,14,16-17H,3-11,13,15H2,1-2H3. The molecule has 0 aromatic heterocycles. The largest absolute Gasteiger partial charge is 0.207 e. The molecule has 0 saturated heterocycles. The molecule has 0 aliphatic heterocycles. The van der Waals surface area contributed by atoms with Gasteiger partial charge in [-0.15, -0.1) is 0 Å². The van der Waals surface area contributed by atoms with Crippen LogP contribution in [0, 0.1) is 11.6 Å². The second-order valence-corrected chi connectivity index (χ2v) is 7.20. The van der Waals surface area contributed by atoms with Gasteiger partial charge in [0, 0.05) is 5.56 Å². The Morgan fingerprint density at radius 3 is 2.00 bits per heavy atom. The summed E-state index contributed by atoms with van der Waals surface area (Å²) in [5.41, 5.74) is 3.48. The average molecular weight is 347 g/mol. The Hall–Kier alpha value is -1.44. The average Bonchev–Trinajstić information content (AvgIpc) is 2.61. The number of hydrogen-bond acceptors (Lipinski definition) is 0. The molecule has 0 radical (unpaired) electrons. The number of unbranched alkanes of at least 4 members (excludes halogenated alkanes) is 5. The van der Waals surface area contributed by atoms with E-state index in [2.05, 4.69) is 26.0 Å². The van der Waals surface area contributed by atoms with Crippen LogP contribution in [0.2, 0.25) is 0 Å². The molecule has 138 valence electrons. The van der Waals surface area contributed by atoms with Crippen LogP contribution < -0.4 is 0 Å². The summed E-state index contributed by atoms with van der Waals surface area (Å²) in [6.07, 6.45) is 15.6. The van der Waals surface area contributed by atoms with E-state index in [9.17, 15) is 8.78 Å². The molecule has 0 fully saturated rings. The van der Waals surface area contributed by atoms with E-state index < -0.39 is 0 Å². The Morgan fingerprint density at radius 2 is 1.40 bits per heavy atom. The minimum atomic E-state index is -0.384. The summed E-state index contributed by atoms with van der Waals surface area (Å²) >= 11 is 0. The van der Waals surface area contributed by atoms with Crippen molar-refractivity contribution in [1.82, 2.24) is 0 Å². The van der Waals surface area contributed by atoms with Gasteiger partial charge in [0.2, 0.25) is 0 Å². The maximum Gasteiger partial charge on any atom is 0.129 e. The number of halogens is 2. The quantitative estimate of drug-likeness (QED) is 0.379. The molecular weight excluding hydrogens is 314 g/mol. The summed E-state index contributed by atoms with van der Waals surface area (Å²) in [7, 11) is 0. The molecule has 2 heteroatoms. The van der Waals surface area contributed by atoms with E-state index >= 15 is 0 Å². The van der Waals surface area contributed by atoms with Gasteiger partial charge in [-0.25, -0.2) is 8.78 Å². The van der Waals surface area contributed by atoms with Gasteiger partial charge < -0.3 is 0 Å². The number of allylic oxidation sites excluding steroid dienone is 4. The molecule has 2 rings (SSSR count). The Bertz CT molecular complexity index is 588. The minimum Gasteiger partial charge on any atom is -0.207 e. The van der Waals surface area contributed by atoms with Crippen LogP contribution in [0.15, 0.2) is 29.9 Å². The van der Waals surface area contributed by atoms with Gasteiger partial charge in [-0.3, -0.25) is 0 Å². The Kier molecular flexibility index (Phi) is 8.37. The molecule has 1 aromatic rings. The van der Waals surface area contributed by atoms with Crippen LogP contribution in [0.1, 0.15) is 89.2 Å². The summed E-state index contributed by atoms with van der Waals surface area (Å²) in [6.45, 7) is 4.35. The topological polar surface area (TPSA) is 0 Å². The predicted molar refractivity (Wildman–Crippen MR) is 104 cm³/mol. The first kappa shape index (κ1) is 19.9.